The molecule has 4 nitrogen and oxygen atoms in total. The quantitative estimate of drug-likeness (QED) is 0.420. The van der Waals surface area contributed by atoms with Gasteiger partial charge in [-0.05, 0) is 60.4 Å². The zero-order chi connectivity index (χ0) is 24.8. The van der Waals surface area contributed by atoms with Crippen LogP contribution in [0.2, 0.25) is 0 Å². The van der Waals surface area contributed by atoms with E-state index in [1.165, 1.54) is 36.4 Å². The lowest BCUT2D eigenvalue weighted by Crippen LogP contribution is -1.91. The number of aliphatic hydroxyl groups is 1. The van der Waals surface area contributed by atoms with Gasteiger partial charge in [0, 0.05) is 6.08 Å². The van der Waals surface area contributed by atoms with Gasteiger partial charge < -0.3 is 14.6 Å². The SMILES string of the molecule is [2H]C([2H])([2H])Oc1ccc(/C=C/C(=O)/C=C(O)/C=C/c2ccc(C)c(C)c2)cc1OC([2H])([2H])[2H]. The van der Waals surface area contributed by atoms with Gasteiger partial charge in [0.15, 0.2) is 17.3 Å². The maximum Gasteiger partial charge on any atom is 0.182 e. The molecule has 0 heterocycles. The Hall–Kier alpha value is -3.27. The Kier molecular flexibility index (Phi) is 4.54. The van der Waals surface area contributed by atoms with Crippen molar-refractivity contribution in [3.63, 3.8) is 0 Å². The summed E-state index contributed by atoms with van der Waals surface area (Å²) in [5.74, 6) is -1.34. The smallest absolute Gasteiger partial charge is 0.182 e. The second-order valence-corrected chi connectivity index (χ2v) is 5.89. The summed E-state index contributed by atoms with van der Waals surface area (Å²) in [7, 11) is -5.63. The van der Waals surface area contributed by atoms with Gasteiger partial charge in [0.2, 0.25) is 0 Å². The van der Waals surface area contributed by atoms with Crippen molar-refractivity contribution in [1.29, 1.82) is 0 Å². The number of aliphatic hydroxyl groups excluding tert-OH is 1. The number of benzene rings is 2. The van der Waals surface area contributed by atoms with Gasteiger partial charge in [0.05, 0.1) is 22.3 Å². The first-order valence-corrected chi connectivity index (χ1v) is 8.12. The first-order valence-electron chi connectivity index (χ1n) is 11.1. The van der Waals surface area contributed by atoms with Crippen LogP contribution in [0, 0.1) is 13.8 Å². The lowest BCUT2D eigenvalue weighted by atomic mass is 10.1. The predicted molar refractivity (Wildman–Crippen MR) is 109 cm³/mol. The van der Waals surface area contributed by atoms with Crippen molar-refractivity contribution in [2.45, 2.75) is 13.8 Å². The van der Waals surface area contributed by atoms with E-state index in [9.17, 15) is 9.90 Å². The average Bonchev–Trinajstić information content (AvgIpc) is 2.67. The summed E-state index contributed by atoms with van der Waals surface area (Å²) in [6.07, 6.45) is 6.64. The Balaban J connectivity index is 2.16. The van der Waals surface area contributed by atoms with Gasteiger partial charge in [-0.15, -0.1) is 0 Å². The zero-order valence-electron chi connectivity index (χ0n) is 21.0. The van der Waals surface area contributed by atoms with Crippen LogP contribution in [0.3, 0.4) is 0 Å². The van der Waals surface area contributed by atoms with E-state index >= 15 is 0 Å². The summed E-state index contributed by atoms with van der Waals surface area (Å²) in [4.78, 5) is 12.1. The van der Waals surface area contributed by atoms with Gasteiger partial charge in [0.25, 0.3) is 0 Å². The Morgan fingerprint density at radius 2 is 1.59 bits per heavy atom. The minimum absolute atomic E-state index is 0.240. The van der Waals surface area contributed by atoms with E-state index in [1.54, 1.807) is 6.08 Å². The average molecular weight is 370 g/mol. The summed E-state index contributed by atoms with van der Waals surface area (Å²) in [5, 5.41) is 9.99. The number of hydrogen-bond acceptors (Lipinski definition) is 4. The van der Waals surface area contributed by atoms with Gasteiger partial charge in [-0.1, -0.05) is 36.4 Å². The summed E-state index contributed by atoms with van der Waals surface area (Å²) in [5.41, 5.74) is 3.50. The van der Waals surface area contributed by atoms with Crippen molar-refractivity contribution in [3.8, 4) is 11.5 Å². The molecule has 27 heavy (non-hydrogen) atoms. The molecule has 0 amide bonds. The number of ether oxygens (including phenoxy) is 2. The van der Waals surface area contributed by atoms with E-state index in [2.05, 4.69) is 0 Å². The number of carbonyl (C=O) groups is 1. The summed E-state index contributed by atoms with van der Waals surface area (Å²) >= 11 is 0. The van der Waals surface area contributed by atoms with Gasteiger partial charge in [-0.25, -0.2) is 0 Å². The number of allylic oxidation sites excluding steroid dienone is 3. The molecule has 140 valence electrons. The highest BCUT2D eigenvalue weighted by atomic mass is 16.5. The number of carbonyl (C=O) groups excluding carboxylic acids is 1. The minimum Gasteiger partial charge on any atom is -0.508 e. The monoisotopic (exact) mass is 370 g/mol. The third-order valence-corrected chi connectivity index (χ3v) is 3.90. The fourth-order valence-electron chi connectivity index (χ4n) is 2.26. The Morgan fingerprint density at radius 3 is 2.33 bits per heavy atom. The van der Waals surface area contributed by atoms with Crippen molar-refractivity contribution < 1.29 is 27.6 Å². The Labute approximate surface area is 168 Å². The largest absolute Gasteiger partial charge is 0.508 e. The highest BCUT2D eigenvalue weighted by molar-refractivity contribution is 6.02. The second kappa shape index (κ2) is 9.43. The van der Waals surface area contributed by atoms with E-state index in [0.29, 0.717) is 5.56 Å². The topological polar surface area (TPSA) is 55.8 Å². The molecule has 0 saturated carbocycles. The molecule has 0 saturated heterocycles. The van der Waals surface area contributed by atoms with Crippen LogP contribution >= 0.6 is 0 Å². The van der Waals surface area contributed by atoms with Crippen LogP contribution in [-0.2, 0) is 4.79 Å². The molecule has 0 aromatic heterocycles. The normalized spacial score (nSPS) is 16.1. The predicted octanol–water partition coefficient (Wildman–Crippen LogP) is 5.06. The van der Waals surface area contributed by atoms with E-state index in [1.807, 2.05) is 32.0 Å². The Morgan fingerprint density at radius 1 is 0.926 bits per heavy atom. The molecular formula is C23H24O4. The van der Waals surface area contributed by atoms with Crippen LogP contribution in [0.4, 0.5) is 0 Å². The summed E-state index contributed by atoms with van der Waals surface area (Å²) < 4.78 is 52.9. The van der Waals surface area contributed by atoms with Crippen LogP contribution in [0.1, 0.15) is 30.5 Å². The van der Waals surface area contributed by atoms with Crippen molar-refractivity contribution in [3.05, 3.63) is 82.6 Å². The molecule has 2 aromatic rings. The molecular weight excluding hydrogens is 340 g/mol. The van der Waals surface area contributed by atoms with E-state index in [0.717, 1.165) is 22.8 Å². The molecule has 0 aliphatic carbocycles. The molecule has 0 atom stereocenters. The molecule has 1 N–H and O–H groups in total. The van der Waals surface area contributed by atoms with Crippen molar-refractivity contribution in [1.82, 2.24) is 0 Å². The van der Waals surface area contributed by atoms with E-state index < -0.39 is 19.9 Å². The van der Waals surface area contributed by atoms with Gasteiger partial charge in [0.1, 0.15) is 5.76 Å². The lowest BCUT2D eigenvalue weighted by Gasteiger charge is -2.07. The van der Waals surface area contributed by atoms with Crippen LogP contribution in [0.25, 0.3) is 12.2 Å². The maximum atomic E-state index is 12.1. The summed E-state index contributed by atoms with van der Waals surface area (Å²) in [6.45, 7) is 3.98. The summed E-state index contributed by atoms with van der Waals surface area (Å²) in [6, 6.07) is 9.71. The molecule has 0 unspecified atom stereocenters. The maximum absolute atomic E-state index is 12.1. The molecule has 0 radical (unpaired) electrons. The number of methoxy groups -OCH3 is 2. The van der Waals surface area contributed by atoms with Gasteiger partial charge >= 0.3 is 0 Å². The molecule has 4 heteroatoms. The van der Waals surface area contributed by atoms with Crippen molar-refractivity contribution in [2.75, 3.05) is 14.1 Å². The standard InChI is InChI=1S/C23H24O4/c1-16-5-6-18(13-17(16)2)7-10-20(24)15-21(25)11-8-19-9-12-22(26-3)23(14-19)27-4/h5-15,24H,1-4H3/b10-7+,11-8+,20-15-/i3D3,4D3. The number of ketones is 1. The molecule has 2 rings (SSSR count). The highest BCUT2D eigenvalue weighted by Gasteiger charge is 2.03. The molecule has 0 fully saturated rings. The van der Waals surface area contributed by atoms with Crippen LogP contribution in [0.5, 0.6) is 11.5 Å². The van der Waals surface area contributed by atoms with Crippen LogP contribution in [-0.4, -0.2) is 25.0 Å². The molecule has 0 aliphatic heterocycles. The minimum atomic E-state index is -2.83. The third kappa shape index (κ3) is 5.89. The van der Waals surface area contributed by atoms with E-state index in [-0.39, 0.29) is 17.3 Å². The lowest BCUT2D eigenvalue weighted by molar-refractivity contribution is -0.110. The first kappa shape index (κ1) is 13.0. The zero-order valence-corrected chi connectivity index (χ0v) is 15.0. The number of rotatable bonds is 7. The van der Waals surface area contributed by atoms with Crippen LogP contribution < -0.4 is 9.47 Å². The fraction of sp³-hybridized carbons (Fsp3) is 0.174. The van der Waals surface area contributed by atoms with Crippen molar-refractivity contribution >= 4 is 17.9 Å². The highest BCUT2D eigenvalue weighted by Crippen LogP contribution is 2.27. The van der Waals surface area contributed by atoms with E-state index in [4.69, 9.17) is 17.7 Å². The number of aryl methyl sites for hydroxylation is 2. The molecule has 0 spiro atoms. The Bertz CT molecular complexity index is 1100. The third-order valence-electron chi connectivity index (χ3n) is 3.90. The molecule has 0 aliphatic rings. The van der Waals surface area contributed by atoms with Crippen LogP contribution in [0.15, 0.2) is 60.4 Å². The second-order valence-electron chi connectivity index (χ2n) is 5.89. The number of hydrogen-bond donors (Lipinski definition) is 1. The first-order chi connectivity index (χ1) is 15.2. The molecule has 2 aromatic carbocycles. The van der Waals surface area contributed by atoms with Gasteiger partial charge in [-0.3, -0.25) is 4.79 Å². The van der Waals surface area contributed by atoms with Gasteiger partial charge in [-0.2, -0.15) is 0 Å². The molecule has 0 bridgehead atoms. The van der Waals surface area contributed by atoms with Crippen molar-refractivity contribution in [2.24, 2.45) is 0 Å². The fourth-order valence-corrected chi connectivity index (χ4v) is 2.26.